The Morgan fingerprint density at radius 3 is 2.60 bits per heavy atom. The number of hydrogen-bond acceptors (Lipinski definition) is 1. The fraction of sp³-hybridized carbons (Fsp3) is 0.111. The molecule has 0 atom stereocenters. The molecule has 0 aromatic rings. The molecule has 0 spiro atoms. The van der Waals surface area contributed by atoms with Crippen LogP contribution in [0.4, 0.5) is 0 Å². The van der Waals surface area contributed by atoms with Crippen molar-refractivity contribution in [2.75, 3.05) is 0 Å². The summed E-state index contributed by atoms with van der Waals surface area (Å²) in [6.45, 7) is 5.34. The fourth-order valence-corrected chi connectivity index (χ4v) is 0.459. The first-order valence-electron chi connectivity index (χ1n) is 3.12. The van der Waals surface area contributed by atoms with Crippen molar-refractivity contribution in [1.82, 2.24) is 0 Å². The summed E-state index contributed by atoms with van der Waals surface area (Å²) in [7, 11) is 0. The maximum atomic E-state index is 8.96. The van der Waals surface area contributed by atoms with Gasteiger partial charge in [-0.3, -0.25) is 0 Å². The van der Waals surface area contributed by atoms with Crippen molar-refractivity contribution < 1.29 is 5.11 Å². The Bertz CT molecular complexity index is 173. The van der Waals surface area contributed by atoms with E-state index < -0.39 is 0 Å². The number of rotatable bonds is 3. The second-order valence-electron chi connectivity index (χ2n) is 1.71. The van der Waals surface area contributed by atoms with Crippen molar-refractivity contribution in [3.63, 3.8) is 0 Å². The smallest absolute Gasteiger partial charge is 0.115 e. The number of aliphatic hydroxyl groups excluding tert-OH is 1. The van der Waals surface area contributed by atoms with E-state index >= 15 is 0 Å². The highest BCUT2D eigenvalue weighted by atomic mass is 16.3. The third-order valence-corrected chi connectivity index (χ3v) is 0.852. The molecule has 0 aliphatic rings. The van der Waals surface area contributed by atoms with Crippen LogP contribution in [0.15, 0.2) is 48.8 Å². The summed E-state index contributed by atoms with van der Waals surface area (Å²) < 4.78 is 0. The molecule has 1 N–H and O–H groups in total. The molecule has 1 heteroatoms. The molecule has 10 heavy (non-hydrogen) atoms. The average molecular weight is 136 g/mol. The first-order valence-corrected chi connectivity index (χ1v) is 3.12. The number of hydrogen-bond donors (Lipinski definition) is 1. The van der Waals surface area contributed by atoms with E-state index in [2.05, 4.69) is 6.58 Å². The van der Waals surface area contributed by atoms with Gasteiger partial charge in [-0.25, -0.2) is 0 Å². The Hall–Kier alpha value is -1.24. The molecule has 0 bridgehead atoms. The molecule has 0 fully saturated rings. The first kappa shape index (κ1) is 8.76. The van der Waals surface area contributed by atoms with Gasteiger partial charge < -0.3 is 5.11 Å². The van der Waals surface area contributed by atoms with Crippen LogP contribution in [0.3, 0.4) is 0 Å². The quantitative estimate of drug-likeness (QED) is 0.467. The van der Waals surface area contributed by atoms with Gasteiger partial charge in [0.2, 0.25) is 0 Å². The lowest BCUT2D eigenvalue weighted by molar-refractivity contribution is 0.432. The predicted octanol–water partition coefficient (Wildman–Crippen LogP) is 2.75. The van der Waals surface area contributed by atoms with Gasteiger partial charge in [-0.1, -0.05) is 30.9 Å². The summed E-state index contributed by atoms with van der Waals surface area (Å²) in [4.78, 5) is 0. The maximum Gasteiger partial charge on any atom is 0.115 e. The van der Waals surface area contributed by atoms with Crippen LogP contribution in [0.1, 0.15) is 6.92 Å². The number of allylic oxidation sites excluding steroid dienone is 6. The summed E-state index contributed by atoms with van der Waals surface area (Å²) in [6, 6.07) is 0. The molecule has 54 valence electrons. The average Bonchev–Trinajstić information content (AvgIpc) is 1.89. The molecule has 0 saturated carbocycles. The Labute approximate surface area is 61.7 Å². The van der Waals surface area contributed by atoms with Gasteiger partial charge in [0.1, 0.15) is 5.76 Å². The molecule has 0 rings (SSSR count). The lowest BCUT2D eigenvalue weighted by Gasteiger charge is -1.83. The Morgan fingerprint density at radius 1 is 1.40 bits per heavy atom. The lowest BCUT2D eigenvalue weighted by atomic mass is 10.3. The third-order valence-electron chi connectivity index (χ3n) is 0.852. The predicted molar refractivity (Wildman–Crippen MR) is 44.9 cm³/mol. The van der Waals surface area contributed by atoms with E-state index in [1.165, 1.54) is 0 Å². The maximum absolute atomic E-state index is 8.96. The molecule has 0 aromatic carbocycles. The summed E-state index contributed by atoms with van der Waals surface area (Å²) in [6.07, 6.45) is 10.1. The van der Waals surface area contributed by atoms with Gasteiger partial charge in [-0.05, 0) is 19.1 Å². The van der Waals surface area contributed by atoms with Gasteiger partial charge in [0.05, 0.1) is 0 Å². The van der Waals surface area contributed by atoms with Crippen LogP contribution in [0.5, 0.6) is 0 Å². The van der Waals surface area contributed by atoms with Crippen LogP contribution in [0.25, 0.3) is 0 Å². The molecule has 0 saturated heterocycles. The molecule has 0 aromatic heterocycles. The zero-order valence-corrected chi connectivity index (χ0v) is 6.12. The van der Waals surface area contributed by atoms with Crippen molar-refractivity contribution >= 4 is 0 Å². The zero-order valence-electron chi connectivity index (χ0n) is 6.12. The van der Waals surface area contributed by atoms with Crippen LogP contribution >= 0.6 is 0 Å². The zero-order chi connectivity index (χ0) is 7.82. The van der Waals surface area contributed by atoms with Crippen molar-refractivity contribution in [2.45, 2.75) is 6.92 Å². The van der Waals surface area contributed by atoms with Gasteiger partial charge in [-0.15, -0.1) is 0 Å². The fourth-order valence-electron chi connectivity index (χ4n) is 0.459. The molecule has 1 nitrogen and oxygen atoms in total. The third kappa shape index (κ3) is 4.91. The van der Waals surface area contributed by atoms with Crippen LogP contribution in [0.2, 0.25) is 0 Å². The SMILES string of the molecule is C=C/C=C/C=C(O)\C=C/C. The van der Waals surface area contributed by atoms with E-state index in [1.54, 1.807) is 36.5 Å². The van der Waals surface area contributed by atoms with Crippen LogP contribution in [-0.4, -0.2) is 5.11 Å². The van der Waals surface area contributed by atoms with Crippen LogP contribution in [0, 0.1) is 0 Å². The van der Waals surface area contributed by atoms with E-state index in [0.717, 1.165) is 0 Å². The van der Waals surface area contributed by atoms with Crippen molar-refractivity contribution in [3.05, 3.63) is 48.8 Å². The van der Waals surface area contributed by atoms with Gasteiger partial charge in [0.15, 0.2) is 0 Å². The van der Waals surface area contributed by atoms with Crippen LogP contribution < -0.4 is 0 Å². The Morgan fingerprint density at radius 2 is 2.10 bits per heavy atom. The van der Waals surface area contributed by atoms with E-state index in [0.29, 0.717) is 0 Å². The summed E-state index contributed by atoms with van der Waals surface area (Å²) in [5.41, 5.74) is 0. The normalized spacial score (nSPS) is 13.1. The van der Waals surface area contributed by atoms with Gasteiger partial charge in [0, 0.05) is 0 Å². The second kappa shape index (κ2) is 5.89. The van der Waals surface area contributed by atoms with E-state index in [9.17, 15) is 0 Å². The number of aliphatic hydroxyl groups is 1. The minimum atomic E-state index is 0.251. The Kier molecular flexibility index (Phi) is 5.16. The topological polar surface area (TPSA) is 20.2 Å². The standard InChI is InChI=1S/C9H12O/c1-3-5-6-8-9(10)7-4-2/h3-8,10H,1H2,2H3/b6-5+,7-4-,9-8+. The molecule has 0 aliphatic carbocycles. The first-order chi connectivity index (χ1) is 4.81. The molecule has 0 unspecified atom stereocenters. The summed E-state index contributed by atoms with van der Waals surface area (Å²) in [5, 5.41) is 8.96. The molecule has 0 aliphatic heterocycles. The molecule has 0 heterocycles. The molecular formula is C9H12O. The van der Waals surface area contributed by atoms with Gasteiger partial charge in [0.25, 0.3) is 0 Å². The largest absolute Gasteiger partial charge is 0.508 e. The highest BCUT2D eigenvalue weighted by Crippen LogP contribution is 1.90. The minimum absolute atomic E-state index is 0.251. The summed E-state index contributed by atoms with van der Waals surface area (Å²) >= 11 is 0. The lowest BCUT2D eigenvalue weighted by Crippen LogP contribution is -1.69. The van der Waals surface area contributed by atoms with Crippen LogP contribution in [-0.2, 0) is 0 Å². The van der Waals surface area contributed by atoms with Crippen molar-refractivity contribution in [3.8, 4) is 0 Å². The molecule has 0 radical (unpaired) electrons. The van der Waals surface area contributed by atoms with E-state index in [1.807, 2.05) is 6.92 Å². The van der Waals surface area contributed by atoms with Gasteiger partial charge in [-0.2, -0.15) is 0 Å². The van der Waals surface area contributed by atoms with E-state index in [4.69, 9.17) is 5.11 Å². The Balaban J connectivity index is 3.90. The van der Waals surface area contributed by atoms with Crippen molar-refractivity contribution in [1.29, 1.82) is 0 Å². The van der Waals surface area contributed by atoms with Crippen molar-refractivity contribution in [2.24, 2.45) is 0 Å². The minimum Gasteiger partial charge on any atom is -0.508 e. The molecular weight excluding hydrogens is 124 g/mol. The second-order valence-corrected chi connectivity index (χ2v) is 1.71. The highest BCUT2D eigenvalue weighted by Gasteiger charge is 1.76. The monoisotopic (exact) mass is 136 g/mol. The molecule has 0 amide bonds. The summed E-state index contributed by atoms with van der Waals surface area (Å²) in [5.74, 6) is 0.251. The highest BCUT2D eigenvalue weighted by molar-refractivity contribution is 5.18. The van der Waals surface area contributed by atoms with Gasteiger partial charge >= 0.3 is 0 Å². The van der Waals surface area contributed by atoms with E-state index in [-0.39, 0.29) is 5.76 Å².